The van der Waals surface area contributed by atoms with Gasteiger partial charge in [-0.25, -0.2) is 4.39 Å². The van der Waals surface area contributed by atoms with Crippen LogP contribution in [0.5, 0.6) is 0 Å². The zero-order chi connectivity index (χ0) is 21.2. The fourth-order valence-corrected chi connectivity index (χ4v) is 3.63. The van der Waals surface area contributed by atoms with E-state index in [4.69, 9.17) is 9.73 Å². The van der Waals surface area contributed by atoms with Gasteiger partial charge in [-0.2, -0.15) is 5.10 Å². The van der Waals surface area contributed by atoms with E-state index in [1.54, 1.807) is 0 Å². The molecule has 1 unspecified atom stereocenters. The minimum absolute atomic E-state index is 0.0975. The molecule has 1 aromatic heterocycles. The van der Waals surface area contributed by atoms with Crippen LogP contribution in [0, 0.1) is 5.82 Å². The lowest BCUT2D eigenvalue weighted by atomic mass is 10.0. The van der Waals surface area contributed by atoms with Crippen LogP contribution in [-0.2, 0) is 18.2 Å². The lowest BCUT2D eigenvalue weighted by Crippen LogP contribution is -2.42. The van der Waals surface area contributed by atoms with Crippen LogP contribution in [0.25, 0.3) is 0 Å². The number of halogens is 1. The van der Waals surface area contributed by atoms with E-state index in [-0.39, 0.29) is 11.9 Å². The first-order valence-corrected chi connectivity index (χ1v) is 10.7. The SMILES string of the molecule is CCNC(=NCC(c1ccc(F)cc1)N1CCOCC1)NCCCc1cnn(C)c1. The highest BCUT2D eigenvalue weighted by molar-refractivity contribution is 5.79. The number of hydrogen-bond donors (Lipinski definition) is 2. The second-order valence-electron chi connectivity index (χ2n) is 7.49. The Labute approximate surface area is 178 Å². The third-order valence-electron chi connectivity index (χ3n) is 5.20. The predicted molar refractivity (Wildman–Crippen MR) is 117 cm³/mol. The van der Waals surface area contributed by atoms with Crippen molar-refractivity contribution in [1.29, 1.82) is 0 Å². The molecule has 30 heavy (non-hydrogen) atoms. The third-order valence-corrected chi connectivity index (χ3v) is 5.20. The maximum Gasteiger partial charge on any atom is 0.191 e. The van der Waals surface area contributed by atoms with Gasteiger partial charge in [-0.1, -0.05) is 12.1 Å². The van der Waals surface area contributed by atoms with Crippen LogP contribution in [0.3, 0.4) is 0 Å². The number of benzene rings is 1. The maximum atomic E-state index is 13.4. The lowest BCUT2D eigenvalue weighted by molar-refractivity contribution is 0.0179. The van der Waals surface area contributed by atoms with E-state index in [0.717, 1.165) is 50.5 Å². The monoisotopic (exact) mass is 416 g/mol. The van der Waals surface area contributed by atoms with Crippen molar-refractivity contribution in [2.24, 2.45) is 12.0 Å². The van der Waals surface area contributed by atoms with Crippen LogP contribution in [0.2, 0.25) is 0 Å². The zero-order valence-corrected chi connectivity index (χ0v) is 18.0. The van der Waals surface area contributed by atoms with Gasteiger partial charge >= 0.3 is 0 Å². The van der Waals surface area contributed by atoms with Gasteiger partial charge in [0.1, 0.15) is 5.82 Å². The Hall–Kier alpha value is -2.45. The highest BCUT2D eigenvalue weighted by atomic mass is 19.1. The fraction of sp³-hybridized carbons (Fsp3) is 0.545. The van der Waals surface area contributed by atoms with Crippen LogP contribution >= 0.6 is 0 Å². The topological polar surface area (TPSA) is 66.7 Å². The normalized spacial score (nSPS) is 16.4. The van der Waals surface area contributed by atoms with E-state index in [2.05, 4.69) is 33.8 Å². The summed E-state index contributed by atoms with van der Waals surface area (Å²) < 4.78 is 20.8. The number of hydrogen-bond acceptors (Lipinski definition) is 4. The number of aryl methyl sites for hydroxylation is 2. The van der Waals surface area contributed by atoms with Crippen LogP contribution in [0.1, 0.15) is 30.5 Å². The summed E-state index contributed by atoms with van der Waals surface area (Å²) in [5.41, 5.74) is 2.32. The predicted octanol–water partition coefficient (Wildman–Crippen LogP) is 2.12. The molecule has 1 aromatic carbocycles. The highest BCUT2D eigenvalue weighted by Crippen LogP contribution is 2.22. The molecular weight excluding hydrogens is 383 g/mol. The summed E-state index contributed by atoms with van der Waals surface area (Å²) in [6.45, 7) is 7.43. The van der Waals surface area contributed by atoms with Gasteiger partial charge < -0.3 is 15.4 Å². The Balaban J connectivity index is 1.60. The summed E-state index contributed by atoms with van der Waals surface area (Å²) >= 11 is 0. The molecule has 3 rings (SSSR count). The Kier molecular flexibility index (Phi) is 8.65. The van der Waals surface area contributed by atoms with Gasteiger partial charge in [-0.3, -0.25) is 14.6 Å². The van der Waals surface area contributed by atoms with Crippen LogP contribution in [0.4, 0.5) is 4.39 Å². The van der Waals surface area contributed by atoms with Gasteiger partial charge in [0.05, 0.1) is 32.0 Å². The van der Waals surface area contributed by atoms with Crippen molar-refractivity contribution < 1.29 is 9.13 Å². The summed E-state index contributed by atoms with van der Waals surface area (Å²) in [7, 11) is 1.93. The van der Waals surface area contributed by atoms with Gasteiger partial charge in [-0.05, 0) is 43.0 Å². The summed E-state index contributed by atoms with van der Waals surface area (Å²) in [6.07, 6.45) is 5.94. The molecule has 1 atom stereocenters. The molecule has 0 aliphatic carbocycles. The summed E-state index contributed by atoms with van der Waals surface area (Å²) in [6, 6.07) is 6.86. The molecule has 164 valence electrons. The van der Waals surface area contributed by atoms with Crippen LogP contribution in [0.15, 0.2) is 41.7 Å². The summed E-state index contributed by atoms with van der Waals surface area (Å²) in [5.74, 6) is 0.593. The molecule has 1 aliphatic heterocycles. The van der Waals surface area contributed by atoms with Crippen molar-refractivity contribution in [2.45, 2.75) is 25.8 Å². The molecule has 1 aliphatic rings. The standard InChI is InChI=1S/C22H33FN6O/c1-3-24-22(25-10-4-5-18-15-27-28(2)17-18)26-16-21(29-11-13-30-14-12-29)19-6-8-20(23)9-7-19/h6-9,15,17,21H,3-5,10-14,16H2,1-2H3,(H2,24,25,26). The number of ether oxygens (including phenoxy) is 1. The van der Waals surface area contributed by atoms with Crippen molar-refractivity contribution in [3.8, 4) is 0 Å². The van der Waals surface area contributed by atoms with Gasteiger partial charge in [-0.15, -0.1) is 0 Å². The molecule has 7 nitrogen and oxygen atoms in total. The summed E-state index contributed by atoms with van der Waals surface area (Å²) in [4.78, 5) is 7.21. The lowest BCUT2D eigenvalue weighted by Gasteiger charge is -2.34. The Morgan fingerprint density at radius 1 is 1.23 bits per heavy atom. The molecule has 2 heterocycles. The fourth-order valence-electron chi connectivity index (χ4n) is 3.63. The van der Waals surface area contributed by atoms with Crippen LogP contribution in [-0.4, -0.2) is 66.6 Å². The van der Waals surface area contributed by atoms with E-state index in [9.17, 15) is 4.39 Å². The summed E-state index contributed by atoms with van der Waals surface area (Å²) in [5, 5.41) is 11.0. The minimum atomic E-state index is -0.216. The van der Waals surface area contributed by atoms with Crippen LogP contribution < -0.4 is 10.6 Å². The van der Waals surface area contributed by atoms with Gasteiger partial charge in [0.15, 0.2) is 5.96 Å². The molecule has 0 bridgehead atoms. The van der Waals surface area contributed by atoms with Crippen molar-refractivity contribution in [3.05, 3.63) is 53.6 Å². The second-order valence-corrected chi connectivity index (χ2v) is 7.49. The molecule has 1 saturated heterocycles. The number of rotatable bonds is 9. The molecule has 0 spiro atoms. The van der Waals surface area contributed by atoms with E-state index in [1.165, 1.54) is 17.7 Å². The molecule has 0 radical (unpaired) electrons. The smallest absolute Gasteiger partial charge is 0.191 e. The first kappa shape index (κ1) is 22.2. The van der Waals surface area contributed by atoms with Gasteiger partial charge in [0.25, 0.3) is 0 Å². The van der Waals surface area contributed by atoms with E-state index >= 15 is 0 Å². The first-order valence-electron chi connectivity index (χ1n) is 10.7. The van der Waals surface area contributed by atoms with Gasteiger partial charge in [0.2, 0.25) is 0 Å². The highest BCUT2D eigenvalue weighted by Gasteiger charge is 2.22. The number of nitrogens with one attached hydrogen (secondary N) is 2. The molecule has 2 N–H and O–H groups in total. The average molecular weight is 417 g/mol. The largest absolute Gasteiger partial charge is 0.379 e. The second kappa shape index (κ2) is 11.7. The Bertz CT molecular complexity index is 785. The molecule has 8 heteroatoms. The number of morpholine rings is 1. The quantitative estimate of drug-likeness (QED) is 0.372. The zero-order valence-electron chi connectivity index (χ0n) is 18.0. The van der Waals surface area contributed by atoms with E-state index in [0.29, 0.717) is 19.8 Å². The molecule has 2 aromatic rings. The van der Waals surface area contributed by atoms with Gasteiger partial charge in [0, 0.05) is 39.4 Å². The minimum Gasteiger partial charge on any atom is -0.379 e. The van der Waals surface area contributed by atoms with Crippen molar-refractivity contribution >= 4 is 5.96 Å². The third kappa shape index (κ3) is 6.81. The first-order chi connectivity index (χ1) is 14.7. The Morgan fingerprint density at radius 2 is 2.00 bits per heavy atom. The number of guanidine groups is 1. The van der Waals surface area contributed by atoms with E-state index in [1.807, 2.05) is 30.1 Å². The van der Waals surface area contributed by atoms with Crippen molar-refractivity contribution in [1.82, 2.24) is 25.3 Å². The molecule has 0 amide bonds. The molecule has 0 saturated carbocycles. The number of aromatic nitrogens is 2. The van der Waals surface area contributed by atoms with Crippen molar-refractivity contribution in [2.75, 3.05) is 45.9 Å². The maximum absolute atomic E-state index is 13.4. The molecule has 1 fully saturated rings. The Morgan fingerprint density at radius 3 is 2.67 bits per heavy atom. The van der Waals surface area contributed by atoms with Crippen molar-refractivity contribution in [3.63, 3.8) is 0 Å². The number of aliphatic imine (C=N–C) groups is 1. The van der Waals surface area contributed by atoms with E-state index < -0.39 is 0 Å². The molecular formula is C22H33FN6O. The average Bonchev–Trinajstić information content (AvgIpc) is 3.18. The number of nitrogens with zero attached hydrogens (tertiary/aromatic N) is 4.